The lowest BCUT2D eigenvalue weighted by Gasteiger charge is -2.03. The first-order valence-corrected chi connectivity index (χ1v) is 5.12. The Labute approximate surface area is 97.7 Å². The summed E-state index contributed by atoms with van der Waals surface area (Å²) >= 11 is 0. The summed E-state index contributed by atoms with van der Waals surface area (Å²) in [5.41, 5.74) is 1.00. The van der Waals surface area contributed by atoms with Crippen LogP contribution >= 0.6 is 0 Å². The van der Waals surface area contributed by atoms with Crippen molar-refractivity contribution in [1.29, 1.82) is 0 Å². The van der Waals surface area contributed by atoms with E-state index < -0.39 is 5.97 Å². The van der Waals surface area contributed by atoms with Gasteiger partial charge in [0.2, 0.25) is 5.76 Å². The number of benzene rings is 1. The number of aromatic nitrogens is 1. The van der Waals surface area contributed by atoms with E-state index in [-0.39, 0.29) is 5.76 Å². The van der Waals surface area contributed by atoms with Crippen LogP contribution in [0.2, 0.25) is 0 Å². The number of carboxylic acid groups (broad SMARTS) is 1. The van der Waals surface area contributed by atoms with Gasteiger partial charge in [0.05, 0.1) is 6.61 Å². The van der Waals surface area contributed by atoms with E-state index in [4.69, 9.17) is 14.3 Å². The number of nitrogens with zero attached hydrogens (tertiary/aromatic N) is 1. The van der Waals surface area contributed by atoms with Gasteiger partial charge in [0.15, 0.2) is 6.39 Å². The maximum Gasteiger partial charge on any atom is 0.374 e. The Morgan fingerprint density at radius 3 is 2.71 bits per heavy atom. The van der Waals surface area contributed by atoms with Gasteiger partial charge in [-0.05, 0) is 31.2 Å². The first-order chi connectivity index (χ1) is 8.22. The van der Waals surface area contributed by atoms with Crippen LogP contribution in [0.1, 0.15) is 17.5 Å². The third-order valence-corrected chi connectivity index (χ3v) is 2.20. The molecule has 1 aromatic heterocycles. The Balaban J connectivity index is 2.33. The molecule has 17 heavy (non-hydrogen) atoms. The van der Waals surface area contributed by atoms with Crippen LogP contribution in [-0.2, 0) is 0 Å². The van der Waals surface area contributed by atoms with Crippen molar-refractivity contribution >= 4 is 5.97 Å². The Hall–Kier alpha value is -2.30. The van der Waals surface area contributed by atoms with Gasteiger partial charge in [-0.1, -0.05) is 0 Å². The number of oxazole rings is 1. The van der Waals surface area contributed by atoms with Crippen molar-refractivity contribution in [2.75, 3.05) is 6.61 Å². The molecule has 0 spiro atoms. The molecule has 2 aromatic rings. The smallest absolute Gasteiger partial charge is 0.374 e. The molecule has 0 saturated carbocycles. The van der Waals surface area contributed by atoms with E-state index in [2.05, 4.69) is 4.98 Å². The SMILES string of the molecule is CCOc1ccc(-c2ncoc2C(=O)O)cc1. The summed E-state index contributed by atoms with van der Waals surface area (Å²) in [6.45, 7) is 2.48. The minimum absolute atomic E-state index is 0.158. The molecule has 0 fully saturated rings. The highest BCUT2D eigenvalue weighted by Gasteiger charge is 2.16. The zero-order chi connectivity index (χ0) is 12.3. The predicted octanol–water partition coefficient (Wildman–Crippen LogP) is 2.44. The lowest BCUT2D eigenvalue weighted by Crippen LogP contribution is -1.97. The van der Waals surface area contributed by atoms with Crippen molar-refractivity contribution in [2.45, 2.75) is 6.92 Å². The summed E-state index contributed by atoms with van der Waals surface area (Å²) in [6.07, 6.45) is 1.12. The number of rotatable bonds is 4. The summed E-state index contributed by atoms with van der Waals surface area (Å²) in [5.74, 6) is -0.558. The largest absolute Gasteiger partial charge is 0.494 e. The molecular weight excluding hydrogens is 222 g/mol. The van der Waals surface area contributed by atoms with Gasteiger partial charge in [-0.25, -0.2) is 9.78 Å². The normalized spacial score (nSPS) is 10.2. The highest BCUT2D eigenvalue weighted by atomic mass is 16.5. The molecule has 5 nitrogen and oxygen atoms in total. The lowest BCUT2D eigenvalue weighted by atomic mass is 10.1. The molecular formula is C12H11NO4. The Bertz CT molecular complexity index is 516. The molecule has 0 bridgehead atoms. The number of carboxylic acids is 1. The topological polar surface area (TPSA) is 72.6 Å². The molecule has 0 radical (unpaired) electrons. The van der Waals surface area contributed by atoms with E-state index in [1.165, 1.54) is 0 Å². The second-order valence-corrected chi connectivity index (χ2v) is 3.29. The zero-order valence-corrected chi connectivity index (χ0v) is 9.21. The average molecular weight is 233 g/mol. The fourth-order valence-corrected chi connectivity index (χ4v) is 1.48. The van der Waals surface area contributed by atoms with E-state index in [9.17, 15) is 4.79 Å². The minimum atomic E-state index is -1.13. The Morgan fingerprint density at radius 1 is 1.41 bits per heavy atom. The second kappa shape index (κ2) is 4.69. The number of aromatic carboxylic acids is 1. The van der Waals surface area contributed by atoms with Gasteiger partial charge in [-0.15, -0.1) is 0 Å². The van der Waals surface area contributed by atoms with E-state index in [0.717, 1.165) is 12.1 Å². The molecule has 0 unspecified atom stereocenters. The minimum Gasteiger partial charge on any atom is -0.494 e. The molecule has 5 heteroatoms. The van der Waals surface area contributed by atoms with E-state index in [1.54, 1.807) is 24.3 Å². The van der Waals surface area contributed by atoms with Gasteiger partial charge >= 0.3 is 5.97 Å². The lowest BCUT2D eigenvalue weighted by molar-refractivity contribution is 0.0663. The van der Waals surface area contributed by atoms with Crippen LogP contribution < -0.4 is 4.74 Å². The number of ether oxygens (including phenoxy) is 1. The van der Waals surface area contributed by atoms with Crippen molar-refractivity contribution in [3.63, 3.8) is 0 Å². The summed E-state index contributed by atoms with van der Waals surface area (Å²) in [4.78, 5) is 14.8. The Morgan fingerprint density at radius 2 is 2.12 bits per heavy atom. The third kappa shape index (κ3) is 2.28. The van der Waals surface area contributed by atoms with Crippen molar-refractivity contribution in [1.82, 2.24) is 4.98 Å². The maximum atomic E-state index is 10.9. The van der Waals surface area contributed by atoms with E-state index >= 15 is 0 Å². The van der Waals surface area contributed by atoms with Crippen molar-refractivity contribution in [3.05, 3.63) is 36.4 Å². The summed E-state index contributed by atoms with van der Waals surface area (Å²) in [7, 11) is 0. The van der Waals surface area contributed by atoms with Gasteiger partial charge in [0.1, 0.15) is 11.4 Å². The summed E-state index contributed by atoms with van der Waals surface area (Å²) in [6, 6.07) is 7.02. The number of carbonyl (C=O) groups is 1. The first-order valence-electron chi connectivity index (χ1n) is 5.12. The summed E-state index contributed by atoms with van der Waals surface area (Å²) in [5, 5.41) is 8.90. The maximum absolute atomic E-state index is 10.9. The van der Waals surface area contributed by atoms with Crippen LogP contribution in [0.25, 0.3) is 11.3 Å². The highest BCUT2D eigenvalue weighted by molar-refractivity contribution is 5.91. The van der Waals surface area contributed by atoms with Crippen LogP contribution in [-0.4, -0.2) is 22.7 Å². The molecule has 1 heterocycles. The molecule has 2 rings (SSSR count). The number of hydrogen-bond donors (Lipinski definition) is 1. The zero-order valence-electron chi connectivity index (χ0n) is 9.21. The standard InChI is InChI=1S/C12H11NO4/c1-2-16-9-5-3-8(4-6-9)10-11(12(14)15)17-7-13-10/h3-7H,2H2,1H3,(H,14,15). The van der Waals surface area contributed by atoms with E-state index in [1.807, 2.05) is 6.92 Å². The van der Waals surface area contributed by atoms with Crippen LogP contribution in [0.4, 0.5) is 0 Å². The van der Waals surface area contributed by atoms with Crippen LogP contribution in [0.15, 0.2) is 35.1 Å². The van der Waals surface area contributed by atoms with Crippen LogP contribution in [0, 0.1) is 0 Å². The molecule has 0 aliphatic heterocycles. The predicted molar refractivity (Wildman–Crippen MR) is 60.1 cm³/mol. The fourth-order valence-electron chi connectivity index (χ4n) is 1.48. The monoisotopic (exact) mass is 233 g/mol. The van der Waals surface area contributed by atoms with Crippen molar-refractivity contribution in [2.24, 2.45) is 0 Å². The molecule has 1 N–H and O–H groups in total. The Kier molecular flexibility index (Phi) is 3.09. The van der Waals surface area contributed by atoms with Gasteiger partial charge in [0, 0.05) is 5.56 Å². The van der Waals surface area contributed by atoms with Crippen LogP contribution in [0.5, 0.6) is 5.75 Å². The number of hydrogen-bond acceptors (Lipinski definition) is 4. The van der Waals surface area contributed by atoms with Crippen molar-refractivity contribution in [3.8, 4) is 17.0 Å². The highest BCUT2D eigenvalue weighted by Crippen LogP contribution is 2.24. The van der Waals surface area contributed by atoms with Crippen molar-refractivity contribution < 1.29 is 19.1 Å². The molecule has 0 atom stereocenters. The molecule has 1 aromatic carbocycles. The fraction of sp³-hybridized carbons (Fsp3) is 0.167. The average Bonchev–Trinajstić information content (AvgIpc) is 2.79. The molecule has 0 saturated heterocycles. The van der Waals surface area contributed by atoms with Gasteiger partial charge in [-0.2, -0.15) is 0 Å². The van der Waals surface area contributed by atoms with Crippen LogP contribution in [0.3, 0.4) is 0 Å². The molecule has 0 amide bonds. The van der Waals surface area contributed by atoms with Gasteiger partial charge < -0.3 is 14.3 Å². The van der Waals surface area contributed by atoms with Gasteiger partial charge in [-0.3, -0.25) is 0 Å². The van der Waals surface area contributed by atoms with Gasteiger partial charge in [0.25, 0.3) is 0 Å². The van der Waals surface area contributed by atoms with E-state index in [0.29, 0.717) is 17.9 Å². The second-order valence-electron chi connectivity index (χ2n) is 3.29. The molecule has 0 aliphatic carbocycles. The first kappa shape index (κ1) is 11.2. The quantitative estimate of drug-likeness (QED) is 0.877. The summed E-state index contributed by atoms with van der Waals surface area (Å²) < 4.78 is 10.1. The molecule has 0 aliphatic rings. The molecule has 88 valence electrons. The third-order valence-electron chi connectivity index (χ3n) is 2.20.